The van der Waals surface area contributed by atoms with E-state index in [1.54, 1.807) is 24.1 Å². The summed E-state index contributed by atoms with van der Waals surface area (Å²) in [7, 11) is 5.38. The Labute approximate surface area is 155 Å². The molecule has 0 bridgehead atoms. The summed E-state index contributed by atoms with van der Waals surface area (Å²) in [4.78, 5) is 27.9. The third-order valence-electron chi connectivity index (χ3n) is 4.56. The van der Waals surface area contributed by atoms with Crippen LogP contribution < -0.4 is 5.32 Å². The van der Waals surface area contributed by atoms with Gasteiger partial charge in [0.15, 0.2) is 0 Å². The van der Waals surface area contributed by atoms with Crippen LogP contribution in [0.15, 0.2) is 54.6 Å². The minimum atomic E-state index is -0.100. The topological polar surface area (TPSA) is 52.7 Å². The fourth-order valence-corrected chi connectivity index (χ4v) is 2.79. The molecule has 2 amide bonds. The number of hydrogen-bond donors (Lipinski definition) is 1. The molecule has 0 saturated carbocycles. The number of rotatable bonds is 7. The third-order valence-corrected chi connectivity index (χ3v) is 4.56. The number of carbonyl (C=O) groups is 2. The lowest BCUT2D eigenvalue weighted by Gasteiger charge is -2.27. The van der Waals surface area contributed by atoms with Crippen LogP contribution in [0.3, 0.4) is 0 Å². The Morgan fingerprint density at radius 3 is 2.19 bits per heavy atom. The van der Waals surface area contributed by atoms with Crippen molar-refractivity contribution < 1.29 is 9.59 Å². The van der Waals surface area contributed by atoms with E-state index < -0.39 is 0 Å². The second-order valence-corrected chi connectivity index (χ2v) is 6.54. The van der Waals surface area contributed by atoms with Gasteiger partial charge in [-0.3, -0.25) is 14.5 Å². The van der Waals surface area contributed by atoms with E-state index in [-0.39, 0.29) is 17.9 Å². The molecule has 0 radical (unpaired) electrons. The molecule has 5 nitrogen and oxygen atoms in total. The van der Waals surface area contributed by atoms with E-state index in [2.05, 4.69) is 5.32 Å². The minimum Gasteiger partial charge on any atom is -0.355 e. The summed E-state index contributed by atoms with van der Waals surface area (Å²) < 4.78 is 0. The van der Waals surface area contributed by atoms with Crippen molar-refractivity contribution in [3.8, 4) is 0 Å². The van der Waals surface area contributed by atoms with Gasteiger partial charge in [0, 0.05) is 26.2 Å². The van der Waals surface area contributed by atoms with E-state index in [4.69, 9.17) is 0 Å². The van der Waals surface area contributed by atoms with Crippen molar-refractivity contribution >= 4 is 11.8 Å². The summed E-state index contributed by atoms with van der Waals surface area (Å²) in [6.07, 6.45) is 0. The van der Waals surface area contributed by atoms with Gasteiger partial charge in [0.05, 0.1) is 12.6 Å². The molecule has 0 spiro atoms. The lowest BCUT2D eigenvalue weighted by molar-refractivity contribution is -0.132. The van der Waals surface area contributed by atoms with Crippen LogP contribution in [-0.2, 0) is 11.3 Å². The van der Waals surface area contributed by atoms with Crippen molar-refractivity contribution in [1.29, 1.82) is 0 Å². The average molecular weight is 353 g/mol. The molecule has 0 heterocycles. The van der Waals surface area contributed by atoms with Crippen molar-refractivity contribution in [3.05, 3.63) is 71.3 Å². The molecule has 0 aliphatic carbocycles. The molecule has 2 aromatic rings. The normalized spacial score (nSPS) is 11.9. The predicted molar refractivity (Wildman–Crippen MR) is 104 cm³/mol. The Kier molecular flexibility index (Phi) is 6.92. The SMILES string of the molecule is CNC(=O)c1ccc(CN(C)CC(=O)N(C)[C@H](C)c2ccccc2)cc1. The van der Waals surface area contributed by atoms with Gasteiger partial charge in [-0.15, -0.1) is 0 Å². The lowest BCUT2D eigenvalue weighted by atomic mass is 10.1. The summed E-state index contributed by atoms with van der Waals surface area (Å²) in [5.74, 6) is -0.0255. The van der Waals surface area contributed by atoms with Crippen LogP contribution in [0, 0.1) is 0 Å². The molecule has 5 heteroatoms. The molecule has 2 rings (SSSR count). The first kappa shape index (κ1) is 19.7. The second-order valence-electron chi connectivity index (χ2n) is 6.54. The summed E-state index contributed by atoms with van der Waals surface area (Å²) >= 11 is 0. The Morgan fingerprint density at radius 1 is 1.00 bits per heavy atom. The van der Waals surface area contributed by atoms with Crippen LogP contribution in [0.4, 0.5) is 0 Å². The number of nitrogens with zero attached hydrogens (tertiary/aromatic N) is 2. The zero-order chi connectivity index (χ0) is 19.1. The first-order valence-corrected chi connectivity index (χ1v) is 8.72. The van der Waals surface area contributed by atoms with Crippen molar-refractivity contribution in [3.63, 3.8) is 0 Å². The monoisotopic (exact) mass is 353 g/mol. The van der Waals surface area contributed by atoms with Gasteiger partial charge in [-0.05, 0) is 37.2 Å². The number of carbonyl (C=O) groups excluding carboxylic acids is 2. The van der Waals surface area contributed by atoms with Crippen LogP contribution in [-0.4, -0.2) is 49.3 Å². The zero-order valence-corrected chi connectivity index (χ0v) is 15.9. The quantitative estimate of drug-likeness (QED) is 0.833. The summed E-state index contributed by atoms with van der Waals surface area (Å²) in [6, 6.07) is 17.5. The van der Waals surface area contributed by atoms with Gasteiger partial charge < -0.3 is 10.2 Å². The lowest BCUT2D eigenvalue weighted by Crippen LogP contribution is -2.37. The number of nitrogens with one attached hydrogen (secondary N) is 1. The van der Waals surface area contributed by atoms with Gasteiger partial charge in [0.2, 0.25) is 5.91 Å². The Balaban J connectivity index is 1.91. The van der Waals surface area contributed by atoms with Gasteiger partial charge in [-0.25, -0.2) is 0 Å². The van der Waals surface area contributed by atoms with Gasteiger partial charge in [-0.2, -0.15) is 0 Å². The summed E-state index contributed by atoms with van der Waals surface area (Å²) in [5, 5.41) is 2.60. The first-order valence-electron chi connectivity index (χ1n) is 8.72. The average Bonchev–Trinajstić information content (AvgIpc) is 2.67. The minimum absolute atomic E-state index is 0.0314. The Bertz CT molecular complexity index is 729. The molecule has 2 aromatic carbocycles. The zero-order valence-electron chi connectivity index (χ0n) is 15.9. The fraction of sp³-hybridized carbons (Fsp3) is 0.333. The van der Waals surface area contributed by atoms with Gasteiger partial charge >= 0.3 is 0 Å². The fourth-order valence-electron chi connectivity index (χ4n) is 2.79. The molecule has 0 fully saturated rings. The Morgan fingerprint density at radius 2 is 1.62 bits per heavy atom. The van der Waals surface area contributed by atoms with E-state index in [1.807, 2.05) is 68.4 Å². The van der Waals surface area contributed by atoms with Crippen LogP contribution in [0.25, 0.3) is 0 Å². The largest absolute Gasteiger partial charge is 0.355 e. The summed E-state index contributed by atoms with van der Waals surface area (Å²) in [5.41, 5.74) is 2.81. The van der Waals surface area contributed by atoms with Gasteiger partial charge in [0.1, 0.15) is 0 Å². The molecule has 1 atom stereocenters. The molecule has 26 heavy (non-hydrogen) atoms. The van der Waals surface area contributed by atoms with Crippen LogP contribution in [0.2, 0.25) is 0 Å². The van der Waals surface area contributed by atoms with Gasteiger partial charge in [-0.1, -0.05) is 42.5 Å². The Hall–Kier alpha value is -2.66. The number of amides is 2. The van der Waals surface area contributed by atoms with E-state index in [9.17, 15) is 9.59 Å². The van der Waals surface area contributed by atoms with E-state index >= 15 is 0 Å². The highest BCUT2D eigenvalue weighted by molar-refractivity contribution is 5.93. The molecule has 0 aliphatic heterocycles. The van der Waals surface area contributed by atoms with Crippen LogP contribution >= 0.6 is 0 Å². The maximum absolute atomic E-state index is 12.6. The highest BCUT2D eigenvalue weighted by atomic mass is 16.2. The van der Waals surface area contributed by atoms with Crippen LogP contribution in [0.1, 0.15) is 34.5 Å². The van der Waals surface area contributed by atoms with Crippen LogP contribution in [0.5, 0.6) is 0 Å². The van der Waals surface area contributed by atoms with E-state index in [0.717, 1.165) is 11.1 Å². The third kappa shape index (κ3) is 5.17. The maximum atomic E-state index is 12.6. The number of hydrogen-bond acceptors (Lipinski definition) is 3. The van der Waals surface area contributed by atoms with Gasteiger partial charge in [0.25, 0.3) is 5.91 Å². The van der Waals surface area contributed by atoms with Crippen molar-refractivity contribution in [2.45, 2.75) is 19.5 Å². The van der Waals surface area contributed by atoms with Crippen molar-refractivity contribution in [2.24, 2.45) is 0 Å². The standard InChI is InChI=1S/C21H27N3O2/c1-16(18-8-6-5-7-9-18)24(4)20(25)15-23(3)14-17-10-12-19(13-11-17)21(26)22-2/h5-13,16H,14-15H2,1-4H3,(H,22,26)/t16-/m1/s1. The highest BCUT2D eigenvalue weighted by Gasteiger charge is 2.18. The van der Waals surface area contributed by atoms with Crippen molar-refractivity contribution in [2.75, 3.05) is 27.7 Å². The van der Waals surface area contributed by atoms with Crippen molar-refractivity contribution in [1.82, 2.24) is 15.1 Å². The molecule has 0 saturated heterocycles. The maximum Gasteiger partial charge on any atom is 0.251 e. The molecular formula is C21H27N3O2. The molecule has 1 N–H and O–H groups in total. The first-order chi connectivity index (χ1) is 12.4. The van der Waals surface area contributed by atoms with E-state index in [1.165, 1.54) is 0 Å². The smallest absolute Gasteiger partial charge is 0.251 e. The van der Waals surface area contributed by atoms with E-state index in [0.29, 0.717) is 18.7 Å². The molecule has 0 aromatic heterocycles. The molecule has 0 unspecified atom stereocenters. The molecular weight excluding hydrogens is 326 g/mol. The highest BCUT2D eigenvalue weighted by Crippen LogP contribution is 2.18. The summed E-state index contributed by atoms with van der Waals surface area (Å²) in [6.45, 7) is 3.02. The number of benzene rings is 2. The number of likely N-dealkylation sites (N-methyl/N-ethyl adjacent to an activating group) is 2. The molecule has 0 aliphatic rings. The molecule has 138 valence electrons. The second kappa shape index (κ2) is 9.15. The predicted octanol–water partition coefficient (Wildman–Crippen LogP) is 2.70.